The van der Waals surface area contributed by atoms with Gasteiger partial charge in [0.1, 0.15) is 27.1 Å². The molecule has 0 spiro atoms. The van der Waals surface area contributed by atoms with Crippen molar-refractivity contribution in [2.24, 2.45) is 0 Å². The van der Waals surface area contributed by atoms with E-state index in [0.717, 1.165) is 11.8 Å². The number of carbonyl (C=O) groups excluding carboxylic acids is 1. The van der Waals surface area contributed by atoms with Crippen LogP contribution in [-0.2, 0) is 9.59 Å². The van der Waals surface area contributed by atoms with Gasteiger partial charge in [0.05, 0.1) is 4.91 Å². The van der Waals surface area contributed by atoms with Gasteiger partial charge in [-0.3, -0.25) is 23.7 Å². The topological polar surface area (TPSA) is 101 Å². The number of hydrogen-bond donors (Lipinski definition) is 1. The normalized spacial score (nSPS) is 14.9. The largest absolute Gasteiger partial charge is 0.481 e. The summed E-state index contributed by atoms with van der Waals surface area (Å²) in [6.45, 7) is 0.155. The smallest absolute Gasteiger partial charge is 0.303 e. The number of rotatable bonds is 7. The van der Waals surface area contributed by atoms with Crippen molar-refractivity contribution >= 4 is 51.9 Å². The second kappa shape index (κ2) is 9.51. The molecule has 1 aromatic carbocycles. The summed E-state index contributed by atoms with van der Waals surface area (Å²) in [5.74, 6) is -1.62. The van der Waals surface area contributed by atoms with E-state index in [0.29, 0.717) is 5.65 Å². The minimum atomic E-state index is -0.964. The molecule has 1 fully saturated rings. The molecule has 8 nitrogen and oxygen atoms in total. The molecule has 3 heterocycles. The number of thiocarbonyl (C=S) groups is 1. The zero-order valence-electron chi connectivity index (χ0n) is 16.9. The van der Waals surface area contributed by atoms with Gasteiger partial charge in [-0.25, -0.2) is 4.39 Å². The van der Waals surface area contributed by atoms with Crippen molar-refractivity contribution in [3.63, 3.8) is 0 Å². The minimum absolute atomic E-state index is 0.0223. The molecule has 0 bridgehead atoms. The van der Waals surface area contributed by atoms with Crippen LogP contribution in [-0.4, -0.2) is 42.1 Å². The molecule has 4 rings (SSSR count). The number of aromatic nitrogens is 2. The first-order chi connectivity index (χ1) is 15.8. The molecular weight excluding hydrogens is 469 g/mol. The highest BCUT2D eigenvalue weighted by Gasteiger charge is 2.32. The van der Waals surface area contributed by atoms with Crippen molar-refractivity contribution in [1.82, 2.24) is 14.3 Å². The molecule has 1 aliphatic rings. The van der Waals surface area contributed by atoms with Gasteiger partial charge in [0.2, 0.25) is 5.88 Å². The van der Waals surface area contributed by atoms with Gasteiger partial charge in [-0.2, -0.15) is 4.98 Å². The molecule has 1 saturated heterocycles. The first-order valence-electron chi connectivity index (χ1n) is 9.75. The molecule has 168 valence electrons. The summed E-state index contributed by atoms with van der Waals surface area (Å²) in [6.07, 6.45) is 3.06. The number of ether oxygens (including phenoxy) is 1. The molecule has 0 atom stereocenters. The highest BCUT2D eigenvalue weighted by atomic mass is 32.2. The predicted octanol–water partition coefficient (Wildman–Crippen LogP) is 3.69. The summed E-state index contributed by atoms with van der Waals surface area (Å²) in [4.78, 5) is 42.7. The lowest BCUT2D eigenvalue weighted by molar-refractivity contribution is -0.137. The highest BCUT2D eigenvalue weighted by Crippen LogP contribution is 2.34. The second-order valence-corrected chi connectivity index (χ2v) is 8.63. The molecule has 11 heteroatoms. The summed E-state index contributed by atoms with van der Waals surface area (Å²) < 4.78 is 20.6. The first kappa shape index (κ1) is 22.6. The van der Waals surface area contributed by atoms with Crippen LogP contribution in [0.15, 0.2) is 58.4 Å². The van der Waals surface area contributed by atoms with Crippen molar-refractivity contribution < 1.29 is 23.8 Å². The molecule has 1 N–H and O–H groups in total. The van der Waals surface area contributed by atoms with Gasteiger partial charge >= 0.3 is 5.97 Å². The van der Waals surface area contributed by atoms with Crippen LogP contribution in [0.3, 0.4) is 0 Å². The van der Waals surface area contributed by atoms with Gasteiger partial charge in [0.15, 0.2) is 0 Å². The van der Waals surface area contributed by atoms with E-state index in [4.69, 9.17) is 22.1 Å². The van der Waals surface area contributed by atoms with Gasteiger partial charge in [0.25, 0.3) is 11.5 Å². The summed E-state index contributed by atoms with van der Waals surface area (Å²) in [6, 6.07) is 10.2. The number of carbonyl (C=O) groups is 2. The van der Waals surface area contributed by atoms with Crippen LogP contribution in [0.5, 0.6) is 11.6 Å². The van der Waals surface area contributed by atoms with Gasteiger partial charge in [0, 0.05) is 19.2 Å². The van der Waals surface area contributed by atoms with Crippen molar-refractivity contribution in [3.05, 3.63) is 75.3 Å². The van der Waals surface area contributed by atoms with Crippen molar-refractivity contribution in [2.75, 3.05) is 6.54 Å². The van der Waals surface area contributed by atoms with E-state index in [2.05, 4.69) is 4.98 Å². The van der Waals surface area contributed by atoms with E-state index in [1.54, 1.807) is 24.4 Å². The minimum Gasteiger partial charge on any atom is -0.481 e. The lowest BCUT2D eigenvalue weighted by Crippen LogP contribution is -2.29. The molecule has 1 amide bonds. The third-order valence-electron chi connectivity index (χ3n) is 4.68. The molecular formula is C22H16FN3O5S2. The maximum atomic E-state index is 13.3. The van der Waals surface area contributed by atoms with Crippen LogP contribution >= 0.6 is 24.0 Å². The summed E-state index contributed by atoms with van der Waals surface area (Å²) >= 11 is 6.27. The fraction of sp³-hybridized carbons (Fsp3) is 0.136. The predicted molar refractivity (Wildman–Crippen MR) is 125 cm³/mol. The van der Waals surface area contributed by atoms with Gasteiger partial charge in [-0.05, 0) is 48.9 Å². The summed E-state index contributed by atoms with van der Waals surface area (Å²) in [5.41, 5.74) is -0.110. The second-order valence-electron chi connectivity index (χ2n) is 6.95. The van der Waals surface area contributed by atoms with Crippen LogP contribution in [0.1, 0.15) is 18.4 Å². The number of hydrogen-bond acceptors (Lipinski definition) is 7. The van der Waals surface area contributed by atoms with Crippen LogP contribution in [0.4, 0.5) is 4.39 Å². The number of nitrogens with zero attached hydrogens (tertiary/aromatic N) is 3. The molecule has 2 aromatic heterocycles. The number of amides is 1. The first-order valence-corrected chi connectivity index (χ1v) is 11.0. The SMILES string of the molecule is O=C(O)CCCN1C(=O)/C(=C/c2c(Oc3ccc(F)cc3)nc3ccccn3c2=O)SC1=S. The number of fused-ring (bicyclic) bond motifs is 1. The van der Waals surface area contributed by atoms with E-state index >= 15 is 0 Å². The Kier molecular flexibility index (Phi) is 6.52. The summed E-state index contributed by atoms with van der Waals surface area (Å²) in [7, 11) is 0. The van der Waals surface area contributed by atoms with Crippen LogP contribution in [0.2, 0.25) is 0 Å². The van der Waals surface area contributed by atoms with Crippen LogP contribution < -0.4 is 10.3 Å². The third kappa shape index (κ3) is 4.94. The average Bonchev–Trinajstić information content (AvgIpc) is 3.05. The molecule has 33 heavy (non-hydrogen) atoms. The van der Waals surface area contributed by atoms with Gasteiger partial charge in [-0.1, -0.05) is 30.0 Å². The Morgan fingerprint density at radius 1 is 1.21 bits per heavy atom. The molecule has 0 unspecified atom stereocenters. The standard InChI is InChI=1S/C22H16FN3O5S2/c23-13-6-8-14(9-7-13)31-19-15(20(29)25-10-2-1-4-17(25)24-19)12-16-21(30)26(22(32)33-16)11-3-5-18(27)28/h1-2,4,6-10,12H,3,5,11H2,(H,27,28)/b16-12-. The van der Waals surface area contributed by atoms with Crippen LogP contribution in [0, 0.1) is 5.82 Å². The van der Waals surface area contributed by atoms with Crippen molar-refractivity contribution in [3.8, 4) is 11.6 Å². The van der Waals surface area contributed by atoms with E-state index in [9.17, 15) is 18.8 Å². The Balaban J connectivity index is 1.73. The number of aliphatic carboxylic acids is 1. The maximum Gasteiger partial charge on any atom is 0.303 e. The lowest BCUT2D eigenvalue weighted by atomic mass is 10.2. The van der Waals surface area contributed by atoms with Gasteiger partial charge < -0.3 is 9.84 Å². The molecule has 1 aliphatic heterocycles. The number of halogens is 1. The Hall–Kier alpha value is -3.57. The number of thioether (sulfide) groups is 1. The lowest BCUT2D eigenvalue weighted by Gasteiger charge is -2.13. The van der Waals surface area contributed by atoms with E-state index in [-0.39, 0.29) is 45.8 Å². The quantitative estimate of drug-likeness (QED) is 0.399. The molecule has 0 aliphatic carbocycles. The number of carboxylic acids is 1. The number of carboxylic acid groups (broad SMARTS) is 1. The average molecular weight is 486 g/mol. The molecule has 3 aromatic rings. The Bertz CT molecular complexity index is 1350. The van der Waals surface area contributed by atoms with Crippen molar-refractivity contribution in [2.45, 2.75) is 12.8 Å². The fourth-order valence-electron chi connectivity index (χ4n) is 3.11. The Morgan fingerprint density at radius 2 is 1.97 bits per heavy atom. The highest BCUT2D eigenvalue weighted by molar-refractivity contribution is 8.26. The fourth-order valence-corrected chi connectivity index (χ4v) is 4.40. The molecule has 0 saturated carbocycles. The zero-order valence-corrected chi connectivity index (χ0v) is 18.6. The molecule has 0 radical (unpaired) electrons. The maximum absolute atomic E-state index is 13.3. The van der Waals surface area contributed by atoms with E-state index < -0.39 is 23.3 Å². The third-order valence-corrected chi connectivity index (χ3v) is 6.06. The number of benzene rings is 1. The van der Waals surface area contributed by atoms with Crippen molar-refractivity contribution in [1.29, 1.82) is 0 Å². The Labute approximate surface area is 196 Å². The number of pyridine rings is 1. The van der Waals surface area contributed by atoms with E-state index in [1.165, 1.54) is 39.6 Å². The van der Waals surface area contributed by atoms with E-state index in [1.807, 2.05) is 0 Å². The van der Waals surface area contributed by atoms with Crippen LogP contribution in [0.25, 0.3) is 11.7 Å². The van der Waals surface area contributed by atoms with Gasteiger partial charge in [-0.15, -0.1) is 0 Å². The Morgan fingerprint density at radius 3 is 2.70 bits per heavy atom. The monoisotopic (exact) mass is 485 g/mol. The summed E-state index contributed by atoms with van der Waals surface area (Å²) in [5, 5.41) is 8.82. The zero-order chi connectivity index (χ0) is 23.5.